The molecule has 3 aliphatic heterocycles. The Morgan fingerprint density at radius 2 is 1.97 bits per heavy atom. The van der Waals surface area contributed by atoms with E-state index < -0.39 is 24.2 Å². The summed E-state index contributed by atoms with van der Waals surface area (Å²) >= 11 is 0. The Labute approximate surface area is 168 Å². The number of hydrogen-bond donors (Lipinski definition) is 1. The second-order valence-corrected chi connectivity index (χ2v) is 7.50. The van der Waals surface area contributed by atoms with E-state index in [1.54, 1.807) is 4.90 Å². The third kappa shape index (κ3) is 3.98. The summed E-state index contributed by atoms with van der Waals surface area (Å²) in [6.07, 6.45) is -1.05. The second kappa shape index (κ2) is 7.86. The highest BCUT2D eigenvalue weighted by atomic mass is 16.6. The van der Waals surface area contributed by atoms with Crippen LogP contribution in [-0.4, -0.2) is 82.9 Å². The van der Waals surface area contributed by atoms with Gasteiger partial charge in [-0.25, -0.2) is 14.6 Å². The maximum Gasteiger partial charge on any atom is 0.410 e. The fourth-order valence-corrected chi connectivity index (χ4v) is 4.02. The zero-order valence-corrected chi connectivity index (χ0v) is 16.2. The summed E-state index contributed by atoms with van der Waals surface area (Å²) < 4.78 is 10.9. The molecule has 2 saturated heterocycles. The molecule has 2 fully saturated rings. The van der Waals surface area contributed by atoms with Gasteiger partial charge in [-0.1, -0.05) is 6.07 Å². The fourth-order valence-electron chi connectivity index (χ4n) is 4.02. The van der Waals surface area contributed by atoms with Crippen molar-refractivity contribution < 1.29 is 29.0 Å². The minimum Gasteiger partial charge on any atom is -0.480 e. The Balaban J connectivity index is 1.37. The molecule has 10 heteroatoms. The van der Waals surface area contributed by atoms with Crippen LogP contribution in [0.25, 0.3) is 0 Å². The zero-order valence-electron chi connectivity index (χ0n) is 16.2. The molecule has 0 bridgehead atoms. The summed E-state index contributed by atoms with van der Waals surface area (Å²) in [5.41, 5.74) is 1.81. The van der Waals surface area contributed by atoms with E-state index in [0.717, 1.165) is 30.2 Å². The van der Waals surface area contributed by atoms with E-state index >= 15 is 0 Å². The number of carboxylic acids is 1. The van der Waals surface area contributed by atoms with Gasteiger partial charge in [0.2, 0.25) is 5.91 Å². The smallest absolute Gasteiger partial charge is 0.410 e. The lowest BCUT2D eigenvalue weighted by Gasteiger charge is -2.28. The number of carbonyl (C=O) groups excluding carboxylic acids is 2. The molecular formula is C19H24N4O6. The normalized spacial score (nSPS) is 23.8. The van der Waals surface area contributed by atoms with Crippen molar-refractivity contribution in [1.29, 1.82) is 0 Å². The number of morpholine rings is 1. The van der Waals surface area contributed by atoms with Crippen LogP contribution in [0, 0.1) is 0 Å². The molecule has 0 radical (unpaired) electrons. The van der Waals surface area contributed by atoms with E-state index in [1.807, 2.05) is 12.1 Å². The molecule has 4 heterocycles. The van der Waals surface area contributed by atoms with Gasteiger partial charge in [-0.2, -0.15) is 0 Å². The van der Waals surface area contributed by atoms with E-state index in [-0.39, 0.29) is 18.9 Å². The first-order chi connectivity index (χ1) is 13.9. The number of anilines is 1. The van der Waals surface area contributed by atoms with Crippen molar-refractivity contribution in [3.05, 3.63) is 23.4 Å². The summed E-state index contributed by atoms with van der Waals surface area (Å²) in [4.78, 5) is 45.2. The SMILES string of the molecule is CC(=O)N1C[C@H](OC(=O)N2Cc3ccc(N4CCOCC4)nc3C2)C[C@H]1C(=O)O. The Hall–Kier alpha value is -2.88. The average Bonchev–Trinajstić information content (AvgIpc) is 3.32. The predicted octanol–water partition coefficient (Wildman–Crippen LogP) is 0.444. The van der Waals surface area contributed by atoms with Gasteiger partial charge in [0.15, 0.2) is 0 Å². The summed E-state index contributed by atoms with van der Waals surface area (Å²) in [5, 5.41) is 9.28. The van der Waals surface area contributed by atoms with Crippen molar-refractivity contribution in [2.24, 2.45) is 0 Å². The molecule has 0 saturated carbocycles. The number of carbonyl (C=O) groups is 3. The van der Waals surface area contributed by atoms with Gasteiger partial charge in [-0.15, -0.1) is 0 Å². The molecule has 1 N–H and O–H groups in total. The zero-order chi connectivity index (χ0) is 20.5. The Morgan fingerprint density at radius 3 is 2.62 bits per heavy atom. The van der Waals surface area contributed by atoms with E-state index in [1.165, 1.54) is 11.8 Å². The number of aliphatic carboxylic acids is 1. The maximum atomic E-state index is 12.6. The van der Waals surface area contributed by atoms with Crippen LogP contribution in [0.5, 0.6) is 0 Å². The van der Waals surface area contributed by atoms with E-state index in [0.29, 0.717) is 26.3 Å². The summed E-state index contributed by atoms with van der Waals surface area (Å²) in [6, 6.07) is 2.98. The van der Waals surface area contributed by atoms with Crippen molar-refractivity contribution in [2.45, 2.75) is 38.6 Å². The van der Waals surface area contributed by atoms with Gasteiger partial charge in [0.25, 0.3) is 0 Å². The molecule has 2 atom stereocenters. The lowest BCUT2D eigenvalue weighted by molar-refractivity contribution is -0.147. The Bertz CT molecular complexity index is 803. The number of likely N-dealkylation sites (tertiary alicyclic amines) is 1. The molecule has 2 amide bonds. The molecule has 3 aliphatic rings. The van der Waals surface area contributed by atoms with Crippen molar-refractivity contribution >= 4 is 23.8 Å². The first-order valence-corrected chi connectivity index (χ1v) is 9.69. The lowest BCUT2D eigenvalue weighted by Crippen LogP contribution is -2.39. The number of nitrogens with zero attached hydrogens (tertiary/aromatic N) is 4. The highest BCUT2D eigenvalue weighted by Crippen LogP contribution is 2.27. The third-order valence-electron chi connectivity index (χ3n) is 5.57. The largest absolute Gasteiger partial charge is 0.480 e. The van der Waals surface area contributed by atoms with Crippen LogP contribution < -0.4 is 4.90 Å². The van der Waals surface area contributed by atoms with Crippen molar-refractivity contribution in [3.8, 4) is 0 Å². The third-order valence-corrected chi connectivity index (χ3v) is 5.57. The highest BCUT2D eigenvalue weighted by Gasteiger charge is 2.41. The van der Waals surface area contributed by atoms with Crippen LogP contribution in [0.2, 0.25) is 0 Å². The van der Waals surface area contributed by atoms with Gasteiger partial charge in [-0.3, -0.25) is 9.69 Å². The Morgan fingerprint density at radius 1 is 1.21 bits per heavy atom. The number of hydrogen-bond acceptors (Lipinski definition) is 7. The average molecular weight is 404 g/mol. The number of rotatable bonds is 3. The van der Waals surface area contributed by atoms with E-state index in [4.69, 9.17) is 14.5 Å². The topological polar surface area (TPSA) is 113 Å². The van der Waals surface area contributed by atoms with Gasteiger partial charge in [0, 0.05) is 26.4 Å². The molecule has 0 spiro atoms. The monoisotopic (exact) mass is 404 g/mol. The minimum absolute atomic E-state index is 0.0955. The first kappa shape index (κ1) is 19.4. The summed E-state index contributed by atoms with van der Waals surface area (Å²) in [6.45, 7) is 5.08. The molecule has 4 rings (SSSR count). The van der Waals surface area contributed by atoms with Crippen LogP contribution in [0.15, 0.2) is 12.1 Å². The number of carboxylic acid groups (broad SMARTS) is 1. The maximum absolute atomic E-state index is 12.6. The van der Waals surface area contributed by atoms with Gasteiger partial charge in [0.05, 0.1) is 38.5 Å². The molecule has 29 heavy (non-hydrogen) atoms. The molecule has 1 aromatic rings. The molecule has 0 aliphatic carbocycles. The quantitative estimate of drug-likeness (QED) is 0.773. The highest BCUT2D eigenvalue weighted by molar-refractivity contribution is 5.83. The standard InChI is InChI=1S/C19H24N4O6/c1-12(24)23-10-14(8-16(23)18(25)26)29-19(27)22-9-13-2-3-17(20-15(13)11-22)21-4-6-28-7-5-21/h2-3,14,16H,4-11H2,1H3,(H,25,26)/t14-,16+/m1/s1. The van der Waals surface area contributed by atoms with E-state index in [2.05, 4.69) is 4.90 Å². The summed E-state index contributed by atoms with van der Waals surface area (Å²) in [7, 11) is 0. The molecule has 0 unspecified atom stereocenters. The molecule has 10 nitrogen and oxygen atoms in total. The van der Waals surface area contributed by atoms with Gasteiger partial charge in [0.1, 0.15) is 18.0 Å². The van der Waals surface area contributed by atoms with Crippen molar-refractivity contribution in [2.75, 3.05) is 37.7 Å². The Kier molecular flexibility index (Phi) is 5.27. The van der Waals surface area contributed by atoms with Crippen LogP contribution in [0.4, 0.5) is 10.6 Å². The number of amides is 2. The van der Waals surface area contributed by atoms with Crippen LogP contribution in [0.3, 0.4) is 0 Å². The van der Waals surface area contributed by atoms with Gasteiger partial charge in [-0.05, 0) is 11.6 Å². The van der Waals surface area contributed by atoms with Crippen molar-refractivity contribution in [1.82, 2.24) is 14.8 Å². The number of aromatic nitrogens is 1. The van der Waals surface area contributed by atoms with Gasteiger partial charge < -0.3 is 24.4 Å². The first-order valence-electron chi connectivity index (χ1n) is 9.69. The van der Waals surface area contributed by atoms with Gasteiger partial charge >= 0.3 is 12.1 Å². The van der Waals surface area contributed by atoms with Crippen molar-refractivity contribution in [3.63, 3.8) is 0 Å². The number of pyridine rings is 1. The molecule has 156 valence electrons. The van der Waals surface area contributed by atoms with E-state index in [9.17, 15) is 19.5 Å². The molecular weight excluding hydrogens is 380 g/mol. The molecule has 0 aromatic carbocycles. The van der Waals surface area contributed by atoms with Crippen LogP contribution in [-0.2, 0) is 32.2 Å². The minimum atomic E-state index is -1.09. The number of fused-ring (bicyclic) bond motifs is 1. The summed E-state index contributed by atoms with van der Waals surface area (Å²) in [5.74, 6) is -0.559. The van der Waals surface area contributed by atoms with Crippen LogP contribution in [0.1, 0.15) is 24.6 Å². The number of ether oxygens (including phenoxy) is 2. The second-order valence-electron chi connectivity index (χ2n) is 7.50. The molecule has 1 aromatic heterocycles. The lowest BCUT2D eigenvalue weighted by atomic mass is 10.2. The van der Waals surface area contributed by atoms with Crippen LogP contribution >= 0.6 is 0 Å². The predicted molar refractivity (Wildman–Crippen MR) is 100 cm³/mol. The fraction of sp³-hybridized carbons (Fsp3) is 0.579.